The fourth-order valence-corrected chi connectivity index (χ4v) is 1.55. The fraction of sp³-hybridized carbons (Fsp3) is 0.0714. The summed E-state index contributed by atoms with van der Waals surface area (Å²) in [4.78, 5) is 15.2. The molecule has 0 radical (unpaired) electrons. The third-order valence-electron chi connectivity index (χ3n) is 2.61. The zero-order chi connectivity index (χ0) is 14.4. The van der Waals surface area contributed by atoms with E-state index in [1.807, 2.05) is 30.3 Å². The molecule has 2 aromatic rings. The Hall–Kier alpha value is -2.89. The Bertz CT molecular complexity index is 609. The zero-order valence-electron chi connectivity index (χ0n) is 10.6. The summed E-state index contributed by atoms with van der Waals surface area (Å²) in [5, 5.41) is 14.3. The Kier molecular flexibility index (Phi) is 4.28. The van der Waals surface area contributed by atoms with Crippen LogP contribution in [0.15, 0.2) is 59.8 Å². The molecule has 2 N–H and O–H groups in total. The number of nitrogens with two attached hydrogens (primary N) is 1. The minimum atomic E-state index is -0.448. The maximum Gasteiger partial charge on any atom is 0.269 e. The van der Waals surface area contributed by atoms with Gasteiger partial charge in [0.25, 0.3) is 5.69 Å². The van der Waals surface area contributed by atoms with Crippen LogP contribution in [0.25, 0.3) is 0 Å². The van der Waals surface area contributed by atoms with Crippen LogP contribution in [0, 0.1) is 10.1 Å². The Balaban J connectivity index is 1.94. The average molecular weight is 271 g/mol. The van der Waals surface area contributed by atoms with E-state index in [0.717, 1.165) is 11.1 Å². The summed E-state index contributed by atoms with van der Waals surface area (Å²) in [6.45, 7) is 0.200. The maximum atomic E-state index is 10.5. The minimum Gasteiger partial charge on any atom is -0.389 e. The van der Waals surface area contributed by atoms with Crippen LogP contribution in [0.4, 0.5) is 5.69 Å². The Labute approximate surface area is 115 Å². The van der Waals surface area contributed by atoms with Crippen molar-refractivity contribution in [2.45, 2.75) is 6.61 Å². The molecule has 0 aliphatic rings. The molecule has 2 rings (SSSR count). The van der Waals surface area contributed by atoms with Crippen molar-refractivity contribution in [2.75, 3.05) is 0 Å². The summed E-state index contributed by atoms with van der Waals surface area (Å²) >= 11 is 0. The van der Waals surface area contributed by atoms with E-state index in [-0.39, 0.29) is 18.1 Å². The predicted molar refractivity (Wildman–Crippen MR) is 75.1 cm³/mol. The number of non-ortho nitro benzene ring substituents is 1. The summed E-state index contributed by atoms with van der Waals surface area (Å²) in [5.41, 5.74) is 7.35. The van der Waals surface area contributed by atoms with E-state index in [1.165, 1.54) is 12.1 Å². The monoisotopic (exact) mass is 271 g/mol. The van der Waals surface area contributed by atoms with Crippen LogP contribution in [0.2, 0.25) is 0 Å². The number of rotatable bonds is 5. The summed E-state index contributed by atoms with van der Waals surface area (Å²) in [6, 6.07) is 15.3. The molecule has 0 fully saturated rings. The van der Waals surface area contributed by atoms with Gasteiger partial charge in [-0.05, 0) is 17.7 Å². The molecule has 2 aromatic carbocycles. The second kappa shape index (κ2) is 6.33. The molecule has 0 aliphatic heterocycles. The Morgan fingerprint density at radius 2 is 1.80 bits per heavy atom. The van der Waals surface area contributed by atoms with Crippen LogP contribution in [-0.2, 0) is 11.4 Å². The van der Waals surface area contributed by atoms with Gasteiger partial charge < -0.3 is 10.6 Å². The van der Waals surface area contributed by atoms with E-state index in [9.17, 15) is 10.1 Å². The van der Waals surface area contributed by atoms with Crippen molar-refractivity contribution in [3.8, 4) is 0 Å². The van der Waals surface area contributed by atoms with Crippen LogP contribution in [-0.4, -0.2) is 10.8 Å². The lowest BCUT2D eigenvalue weighted by Gasteiger charge is -2.02. The molecule has 0 saturated heterocycles. The standard InChI is InChI=1S/C14H13N3O3/c15-14(12-4-2-1-3-5-12)16-20-10-11-6-8-13(9-7-11)17(18)19/h1-9H,10H2,(H2,15,16). The third kappa shape index (κ3) is 3.55. The molecule has 0 aliphatic carbocycles. The highest BCUT2D eigenvalue weighted by atomic mass is 16.6. The average Bonchev–Trinajstić information content (AvgIpc) is 2.48. The molecule has 0 atom stereocenters. The SMILES string of the molecule is N/C(=N\OCc1ccc([N+](=O)[O-])cc1)c1ccccc1. The smallest absolute Gasteiger partial charge is 0.269 e. The highest BCUT2D eigenvalue weighted by molar-refractivity contribution is 5.96. The van der Waals surface area contributed by atoms with Crippen molar-refractivity contribution in [2.24, 2.45) is 10.9 Å². The molecule has 0 spiro atoms. The molecule has 0 heterocycles. The number of nitro benzene ring substituents is 1. The molecule has 20 heavy (non-hydrogen) atoms. The molecule has 0 unspecified atom stereocenters. The van der Waals surface area contributed by atoms with E-state index in [1.54, 1.807) is 12.1 Å². The Morgan fingerprint density at radius 1 is 1.15 bits per heavy atom. The molecule has 0 saturated carbocycles. The normalized spacial score (nSPS) is 11.1. The van der Waals surface area contributed by atoms with Gasteiger partial charge in [-0.1, -0.05) is 35.5 Å². The minimum absolute atomic E-state index is 0.0426. The van der Waals surface area contributed by atoms with Gasteiger partial charge in [-0.3, -0.25) is 10.1 Å². The number of benzene rings is 2. The van der Waals surface area contributed by atoms with Crippen molar-refractivity contribution in [3.05, 3.63) is 75.8 Å². The molecular formula is C14H13N3O3. The molecule has 0 aromatic heterocycles. The van der Waals surface area contributed by atoms with Crippen molar-refractivity contribution in [1.82, 2.24) is 0 Å². The topological polar surface area (TPSA) is 90.8 Å². The zero-order valence-corrected chi connectivity index (χ0v) is 10.6. The lowest BCUT2D eigenvalue weighted by Crippen LogP contribution is -2.13. The first-order chi connectivity index (χ1) is 9.66. The molecule has 0 bridgehead atoms. The van der Waals surface area contributed by atoms with Gasteiger partial charge in [-0.2, -0.15) is 0 Å². The maximum absolute atomic E-state index is 10.5. The molecule has 6 heteroatoms. The van der Waals surface area contributed by atoms with E-state index in [0.29, 0.717) is 0 Å². The van der Waals surface area contributed by atoms with Crippen LogP contribution in [0.3, 0.4) is 0 Å². The quantitative estimate of drug-likeness (QED) is 0.391. The number of hydrogen-bond donors (Lipinski definition) is 1. The van der Waals surface area contributed by atoms with Crippen molar-refractivity contribution < 1.29 is 9.76 Å². The van der Waals surface area contributed by atoms with E-state index in [2.05, 4.69) is 5.16 Å². The number of hydrogen-bond acceptors (Lipinski definition) is 4. The van der Waals surface area contributed by atoms with Crippen molar-refractivity contribution >= 4 is 11.5 Å². The van der Waals surface area contributed by atoms with E-state index < -0.39 is 4.92 Å². The first-order valence-electron chi connectivity index (χ1n) is 5.91. The number of oxime groups is 1. The van der Waals surface area contributed by atoms with Gasteiger partial charge in [0, 0.05) is 17.7 Å². The first-order valence-corrected chi connectivity index (χ1v) is 5.91. The first kappa shape index (κ1) is 13.5. The third-order valence-corrected chi connectivity index (χ3v) is 2.61. The molecule has 0 amide bonds. The largest absolute Gasteiger partial charge is 0.389 e. The van der Waals surface area contributed by atoms with Crippen LogP contribution in [0.5, 0.6) is 0 Å². The van der Waals surface area contributed by atoms with Crippen molar-refractivity contribution in [1.29, 1.82) is 0 Å². The highest BCUT2D eigenvalue weighted by Crippen LogP contribution is 2.12. The second-order valence-electron chi connectivity index (χ2n) is 4.04. The summed E-state index contributed by atoms with van der Waals surface area (Å²) in [5.74, 6) is 0.285. The molecule has 102 valence electrons. The lowest BCUT2D eigenvalue weighted by atomic mass is 10.2. The van der Waals surface area contributed by atoms with E-state index in [4.69, 9.17) is 10.6 Å². The van der Waals surface area contributed by atoms with Gasteiger partial charge in [-0.15, -0.1) is 0 Å². The van der Waals surface area contributed by atoms with Gasteiger partial charge in [0.05, 0.1) is 4.92 Å². The summed E-state index contributed by atoms with van der Waals surface area (Å²) in [6.07, 6.45) is 0. The molecular weight excluding hydrogens is 258 g/mol. The Morgan fingerprint density at radius 3 is 2.40 bits per heavy atom. The van der Waals surface area contributed by atoms with Gasteiger partial charge in [-0.25, -0.2) is 0 Å². The van der Waals surface area contributed by atoms with Gasteiger partial charge in [0.15, 0.2) is 5.84 Å². The fourth-order valence-electron chi connectivity index (χ4n) is 1.55. The van der Waals surface area contributed by atoms with E-state index >= 15 is 0 Å². The van der Waals surface area contributed by atoms with Crippen molar-refractivity contribution in [3.63, 3.8) is 0 Å². The van der Waals surface area contributed by atoms with Gasteiger partial charge in [0.1, 0.15) is 6.61 Å². The number of amidine groups is 1. The second-order valence-corrected chi connectivity index (χ2v) is 4.04. The number of nitro groups is 1. The van der Waals surface area contributed by atoms with Gasteiger partial charge >= 0.3 is 0 Å². The van der Waals surface area contributed by atoms with Crippen LogP contribution >= 0.6 is 0 Å². The van der Waals surface area contributed by atoms with Crippen LogP contribution in [0.1, 0.15) is 11.1 Å². The number of nitrogens with zero attached hydrogens (tertiary/aromatic N) is 2. The highest BCUT2D eigenvalue weighted by Gasteiger charge is 2.04. The summed E-state index contributed by atoms with van der Waals surface area (Å²) < 4.78 is 0. The summed E-state index contributed by atoms with van der Waals surface area (Å²) in [7, 11) is 0. The van der Waals surface area contributed by atoms with Crippen LogP contribution < -0.4 is 5.73 Å². The lowest BCUT2D eigenvalue weighted by molar-refractivity contribution is -0.384. The molecule has 6 nitrogen and oxygen atoms in total. The van der Waals surface area contributed by atoms with Gasteiger partial charge in [0.2, 0.25) is 0 Å². The predicted octanol–water partition coefficient (Wildman–Crippen LogP) is 2.43.